The molecule has 3 heterocycles. The van der Waals surface area contributed by atoms with Gasteiger partial charge < -0.3 is 16.4 Å². The van der Waals surface area contributed by atoms with E-state index in [0.717, 1.165) is 38.3 Å². The Morgan fingerprint density at radius 1 is 1.03 bits per heavy atom. The number of carbonyl (C=O) groups is 1. The summed E-state index contributed by atoms with van der Waals surface area (Å²) in [5.74, 6) is -0.214. The molecule has 0 fully saturated rings. The topological polar surface area (TPSA) is 97.3 Å². The molecule has 33 heavy (non-hydrogen) atoms. The third-order valence-corrected chi connectivity index (χ3v) is 6.29. The van der Waals surface area contributed by atoms with Crippen LogP contribution in [-0.4, -0.2) is 20.3 Å². The van der Waals surface area contributed by atoms with Crippen LogP contribution in [0.2, 0.25) is 0 Å². The van der Waals surface area contributed by atoms with Crippen molar-refractivity contribution in [2.45, 2.75) is 13.8 Å². The van der Waals surface area contributed by atoms with Crippen LogP contribution < -0.4 is 16.4 Å². The summed E-state index contributed by atoms with van der Waals surface area (Å²) < 4.78 is 2.11. The highest BCUT2D eigenvalue weighted by molar-refractivity contribution is 7.18. The number of nitrogens with two attached hydrogens (primary N) is 1. The number of anilines is 4. The number of nitrogen functional groups attached to an aromatic ring is 1. The van der Waals surface area contributed by atoms with Gasteiger partial charge in [0.15, 0.2) is 5.13 Å². The molecule has 0 atom stereocenters. The van der Waals surface area contributed by atoms with E-state index in [0.29, 0.717) is 16.9 Å². The first kappa shape index (κ1) is 20.7. The molecule has 0 aliphatic rings. The standard InChI is InChI=1S/C25H22N6OS/c1-15-6-5-13-31-22(16(2)28-23(15)31)21-14-27-25(33-21)29-18-11-9-17(10-12-18)24(32)30-20-8-4-3-7-19(20)26/h3-14H,26H2,1-2H3,(H,27,29)(H,30,32). The molecular weight excluding hydrogens is 432 g/mol. The second-order valence-corrected chi connectivity index (χ2v) is 8.73. The first-order valence-corrected chi connectivity index (χ1v) is 11.2. The number of amides is 1. The van der Waals surface area contributed by atoms with Crippen LogP contribution in [0.25, 0.3) is 16.2 Å². The maximum atomic E-state index is 12.5. The SMILES string of the molecule is Cc1nc2c(C)cccn2c1-c1cnc(Nc2ccc(C(=O)Nc3ccccc3N)cc2)s1. The summed E-state index contributed by atoms with van der Waals surface area (Å²) in [4.78, 5) is 22.8. The van der Waals surface area contributed by atoms with E-state index >= 15 is 0 Å². The maximum absolute atomic E-state index is 12.5. The largest absolute Gasteiger partial charge is 0.397 e. The fraction of sp³-hybridized carbons (Fsp3) is 0.0800. The Labute approximate surface area is 194 Å². The van der Waals surface area contributed by atoms with Crippen LogP contribution in [0.1, 0.15) is 21.6 Å². The van der Waals surface area contributed by atoms with Gasteiger partial charge in [0.2, 0.25) is 0 Å². The van der Waals surface area contributed by atoms with E-state index in [1.165, 1.54) is 0 Å². The van der Waals surface area contributed by atoms with Gasteiger partial charge in [0.1, 0.15) is 5.65 Å². The molecule has 5 aromatic rings. The fourth-order valence-corrected chi connectivity index (χ4v) is 4.62. The van der Waals surface area contributed by atoms with Crippen molar-refractivity contribution < 1.29 is 4.79 Å². The first-order valence-electron chi connectivity index (χ1n) is 10.4. The number of nitrogens with one attached hydrogen (secondary N) is 2. The minimum atomic E-state index is -0.214. The van der Waals surface area contributed by atoms with Crippen molar-refractivity contribution in [1.29, 1.82) is 0 Å². The van der Waals surface area contributed by atoms with Gasteiger partial charge in [-0.25, -0.2) is 9.97 Å². The van der Waals surface area contributed by atoms with Gasteiger partial charge >= 0.3 is 0 Å². The van der Waals surface area contributed by atoms with Gasteiger partial charge in [0.05, 0.1) is 27.6 Å². The zero-order chi connectivity index (χ0) is 22.9. The Morgan fingerprint density at radius 2 is 1.82 bits per heavy atom. The predicted octanol–water partition coefficient (Wildman–Crippen LogP) is 5.65. The van der Waals surface area contributed by atoms with E-state index < -0.39 is 0 Å². The monoisotopic (exact) mass is 454 g/mol. The Balaban J connectivity index is 1.32. The van der Waals surface area contributed by atoms with Crippen molar-refractivity contribution in [3.63, 3.8) is 0 Å². The number of para-hydroxylation sites is 2. The zero-order valence-electron chi connectivity index (χ0n) is 18.2. The molecule has 0 radical (unpaired) electrons. The molecule has 0 aliphatic heterocycles. The van der Waals surface area contributed by atoms with E-state index in [4.69, 9.17) is 10.7 Å². The van der Waals surface area contributed by atoms with E-state index in [-0.39, 0.29) is 5.91 Å². The molecule has 5 rings (SSSR count). The average Bonchev–Trinajstić information content (AvgIpc) is 3.39. The van der Waals surface area contributed by atoms with Gasteiger partial charge in [-0.15, -0.1) is 0 Å². The Hall–Kier alpha value is -4.17. The Bertz CT molecular complexity index is 1470. The molecule has 0 saturated carbocycles. The lowest BCUT2D eigenvalue weighted by Crippen LogP contribution is -2.13. The number of nitrogens with zero attached hydrogens (tertiary/aromatic N) is 3. The lowest BCUT2D eigenvalue weighted by Gasteiger charge is -2.08. The summed E-state index contributed by atoms with van der Waals surface area (Å²) in [6.45, 7) is 4.07. The second-order valence-electron chi connectivity index (χ2n) is 7.70. The van der Waals surface area contributed by atoms with Crippen LogP contribution in [-0.2, 0) is 0 Å². The van der Waals surface area contributed by atoms with Crippen LogP contribution in [0.15, 0.2) is 73.1 Å². The fourth-order valence-electron chi connectivity index (χ4n) is 3.69. The van der Waals surface area contributed by atoms with Gasteiger partial charge in [0, 0.05) is 23.6 Å². The summed E-state index contributed by atoms with van der Waals surface area (Å²) in [6, 6.07) is 18.5. The zero-order valence-corrected chi connectivity index (χ0v) is 19.0. The van der Waals surface area contributed by atoms with Gasteiger partial charge in [-0.2, -0.15) is 0 Å². The summed E-state index contributed by atoms with van der Waals surface area (Å²) >= 11 is 1.56. The molecule has 3 aromatic heterocycles. The van der Waals surface area contributed by atoms with Gasteiger partial charge in [-0.3, -0.25) is 9.20 Å². The molecule has 0 spiro atoms. The molecule has 4 N–H and O–H groups in total. The van der Waals surface area contributed by atoms with Crippen LogP contribution in [0, 0.1) is 13.8 Å². The number of benzene rings is 2. The molecule has 7 nitrogen and oxygen atoms in total. The molecule has 164 valence electrons. The van der Waals surface area contributed by atoms with Crippen molar-refractivity contribution in [2.24, 2.45) is 0 Å². The number of pyridine rings is 1. The number of rotatable bonds is 5. The van der Waals surface area contributed by atoms with Crippen molar-refractivity contribution in [3.05, 3.63) is 89.9 Å². The summed E-state index contributed by atoms with van der Waals surface area (Å²) in [6.07, 6.45) is 3.88. The van der Waals surface area contributed by atoms with E-state index in [2.05, 4.69) is 33.0 Å². The van der Waals surface area contributed by atoms with Crippen LogP contribution in [0.4, 0.5) is 22.2 Å². The maximum Gasteiger partial charge on any atom is 0.255 e. The predicted molar refractivity (Wildman–Crippen MR) is 134 cm³/mol. The van der Waals surface area contributed by atoms with Crippen molar-refractivity contribution in [2.75, 3.05) is 16.4 Å². The van der Waals surface area contributed by atoms with Crippen LogP contribution >= 0.6 is 11.3 Å². The number of thiazole rings is 1. The highest BCUT2D eigenvalue weighted by Gasteiger charge is 2.15. The second kappa shape index (κ2) is 8.40. The molecule has 0 aliphatic carbocycles. The average molecular weight is 455 g/mol. The third-order valence-electron chi connectivity index (χ3n) is 5.37. The van der Waals surface area contributed by atoms with E-state index in [1.54, 1.807) is 35.6 Å². The van der Waals surface area contributed by atoms with Crippen molar-refractivity contribution >= 4 is 45.1 Å². The van der Waals surface area contributed by atoms with Crippen molar-refractivity contribution in [3.8, 4) is 10.6 Å². The Morgan fingerprint density at radius 3 is 2.61 bits per heavy atom. The summed E-state index contributed by atoms with van der Waals surface area (Å²) in [7, 11) is 0. The number of imidazole rings is 1. The minimum Gasteiger partial charge on any atom is -0.397 e. The summed E-state index contributed by atoms with van der Waals surface area (Å²) in [5, 5.41) is 6.92. The number of aromatic nitrogens is 3. The third kappa shape index (κ3) is 4.04. The van der Waals surface area contributed by atoms with Crippen LogP contribution in [0.3, 0.4) is 0 Å². The molecule has 0 saturated heterocycles. The Kier molecular flexibility index (Phi) is 5.27. The molecule has 1 amide bonds. The minimum absolute atomic E-state index is 0.214. The molecule has 2 aromatic carbocycles. The number of hydrogen-bond acceptors (Lipinski definition) is 6. The lowest BCUT2D eigenvalue weighted by molar-refractivity contribution is 0.102. The molecule has 0 bridgehead atoms. The summed E-state index contributed by atoms with van der Waals surface area (Å²) in [5.41, 5.74) is 12.5. The highest BCUT2D eigenvalue weighted by atomic mass is 32.1. The van der Waals surface area contributed by atoms with Crippen LogP contribution in [0.5, 0.6) is 0 Å². The van der Waals surface area contributed by atoms with E-state index in [1.807, 2.05) is 49.6 Å². The van der Waals surface area contributed by atoms with Crippen molar-refractivity contribution in [1.82, 2.24) is 14.4 Å². The van der Waals surface area contributed by atoms with Gasteiger partial charge in [-0.05, 0) is 61.9 Å². The number of carbonyl (C=O) groups excluding carboxylic acids is 1. The normalized spacial score (nSPS) is 11.0. The number of aryl methyl sites for hydroxylation is 2. The van der Waals surface area contributed by atoms with E-state index in [9.17, 15) is 4.79 Å². The quantitative estimate of drug-likeness (QED) is 0.298. The smallest absolute Gasteiger partial charge is 0.255 e. The first-order chi connectivity index (χ1) is 16.0. The number of fused-ring (bicyclic) bond motifs is 1. The number of hydrogen-bond donors (Lipinski definition) is 3. The van der Waals surface area contributed by atoms with Gasteiger partial charge in [-0.1, -0.05) is 29.5 Å². The lowest BCUT2D eigenvalue weighted by atomic mass is 10.2. The highest BCUT2D eigenvalue weighted by Crippen LogP contribution is 2.33. The molecule has 0 unspecified atom stereocenters. The molecule has 8 heteroatoms. The van der Waals surface area contributed by atoms with Gasteiger partial charge in [0.25, 0.3) is 5.91 Å². The molecular formula is C25H22N6OS.